The molecule has 1 unspecified atom stereocenters. The fourth-order valence-electron chi connectivity index (χ4n) is 10.8. The number of nitrogens with zero attached hydrogens (tertiary/aromatic N) is 9. The molecule has 3 aromatic carbocycles. The number of thiazole rings is 1. The van der Waals surface area contributed by atoms with Gasteiger partial charge >= 0.3 is 0 Å². The molecule has 23 heteroatoms. The van der Waals surface area contributed by atoms with Gasteiger partial charge in [-0.2, -0.15) is 9.51 Å². The molecule has 6 atom stereocenters. The number of fused-ring (bicyclic) bond motifs is 1. The van der Waals surface area contributed by atoms with Crippen LogP contribution in [0.2, 0.25) is 0 Å². The Kier molecular flexibility index (Phi) is 16.4. The Balaban J connectivity index is 0.726. The number of aliphatic hydroxyl groups is 1. The van der Waals surface area contributed by atoms with Gasteiger partial charge in [-0.05, 0) is 73.2 Å². The van der Waals surface area contributed by atoms with Crippen LogP contribution in [-0.2, 0) is 27.9 Å². The molecule has 7 aromatic rings. The number of ether oxygens (including phenoxy) is 1. The highest BCUT2D eigenvalue weighted by atomic mass is 32.2. The van der Waals surface area contributed by atoms with Crippen LogP contribution >= 0.6 is 11.3 Å². The van der Waals surface area contributed by atoms with Gasteiger partial charge in [0.25, 0.3) is 11.3 Å². The highest BCUT2D eigenvalue weighted by molar-refractivity contribution is 7.80. The van der Waals surface area contributed by atoms with Gasteiger partial charge in [-0.25, -0.2) is 37.0 Å². The lowest BCUT2D eigenvalue weighted by molar-refractivity contribution is -0.140. The van der Waals surface area contributed by atoms with Crippen LogP contribution in [0, 0.1) is 24.5 Å². The normalized spacial score (nSPS) is 19.3. The maximum Gasteiger partial charge on any atom is 0.277 e. The maximum absolute atomic E-state index is 16.1. The predicted octanol–water partition coefficient (Wildman–Crippen LogP) is 7.59. The van der Waals surface area contributed by atoms with Crippen molar-refractivity contribution in [1.29, 1.82) is 0 Å². The number of benzene rings is 3. The summed E-state index contributed by atoms with van der Waals surface area (Å²) in [5, 5.41) is 20.1. The summed E-state index contributed by atoms with van der Waals surface area (Å²) >= 11 is -1.26. The summed E-state index contributed by atoms with van der Waals surface area (Å²) < 4.78 is 76.4. The number of halogens is 3. The number of aromatic nitrogens is 5. The molecule has 4 aromatic heterocycles. The van der Waals surface area contributed by atoms with Crippen molar-refractivity contribution in [3.63, 3.8) is 0 Å². The van der Waals surface area contributed by atoms with Crippen molar-refractivity contribution in [3.05, 3.63) is 130 Å². The van der Waals surface area contributed by atoms with Crippen molar-refractivity contribution in [2.24, 2.45) is 13.0 Å². The summed E-state index contributed by atoms with van der Waals surface area (Å²) in [6, 6.07) is 20.0. The predicted molar refractivity (Wildman–Crippen MR) is 296 cm³/mol. The summed E-state index contributed by atoms with van der Waals surface area (Å²) in [5.74, 6) is -4.46. The number of rotatable bonds is 18. The zero-order chi connectivity index (χ0) is 55.8. The van der Waals surface area contributed by atoms with Gasteiger partial charge in [0, 0.05) is 99.9 Å². The molecule has 0 aliphatic carbocycles. The van der Waals surface area contributed by atoms with Gasteiger partial charge in [-0.15, -0.1) is 11.3 Å². The van der Waals surface area contributed by atoms with E-state index >= 15 is 8.78 Å². The smallest absolute Gasteiger partial charge is 0.277 e. The number of carbonyl (C=O) groups is 3. The molecule has 3 fully saturated rings. The van der Waals surface area contributed by atoms with E-state index in [-0.39, 0.29) is 61.8 Å². The minimum atomic E-state index is -2.84. The number of likely N-dealkylation sites (tertiary alicyclic amines) is 1. The lowest BCUT2D eigenvalue weighted by atomic mass is 9.90. The molecule has 3 aliphatic rings. The van der Waals surface area contributed by atoms with Crippen LogP contribution in [0.25, 0.3) is 32.6 Å². The molecule has 3 aliphatic heterocycles. The molecule has 18 nitrogen and oxygen atoms in total. The molecule has 10 rings (SSSR count). The Morgan fingerprint density at radius 1 is 0.949 bits per heavy atom. The summed E-state index contributed by atoms with van der Waals surface area (Å²) in [7, 11) is 1.77. The van der Waals surface area contributed by atoms with Gasteiger partial charge in [0.05, 0.1) is 51.9 Å². The van der Waals surface area contributed by atoms with Gasteiger partial charge in [-0.3, -0.25) is 23.8 Å². The van der Waals surface area contributed by atoms with E-state index in [0.717, 1.165) is 76.3 Å². The fourth-order valence-corrected chi connectivity index (χ4v) is 12.3. The fraction of sp³-hybridized carbons (Fsp3) is 0.393. The van der Waals surface area contributed by atoms with Crippen LogP contribution < -0.4 is 19.4 Å². The summed E-state index contributed by atoms with van der Waals surface area (Å²) in [5.41, 5.74) is 6.54. The lowest BCUT2D eigenvalue weighted by Crippen LogP contribution is -2.48. The number of alkyl halides is 1. The number of nitrogens with one attached hydrogen (secondary N) is 2. The largest absolute Gasteiger partial charge is 0.476 e. The number of amides is 2. The standard InChI is InChI=1S/C56H62F3N11O7S2/c1-32(2)49(56(74)69-30-41(71)25-47(69)55(73)63-33(3)35-6-8-37(9-7-35)53-34(4)62-31-78-53)45-26-48(65(5)64-45)77-23-22-66-18-20-67(21-19-66)40-12-10-36(11-13-40)38-24-42-43(28-61-54(42)60-27-38)52(72)50-44(58)14-15-46(51(50)59)70(79(75)76)68-17-16-39(57)29-68/h6-15,24,26-28,31-33,39,41,47,49,71H,16-23,25,29-30H2,1-5H3,(H,60,61)(H,63,73)(H,75,76)/t33-,39+,41+,47-,49-/m0/s1. The second-order valence-corrected chi connectivity index (χ2v) is 22.4. The number of H-pyrrole nitrogens is 1. The monoisotopic (exact) mass is 1120 g/mol. The highest BCUT2D eigenvalue weighted by Gasteiger charge is 2.43. The van der Waals surface area contributed by atoms with Crippen LogP contribution in [0.5, 0.6) is 5.88 Å². The number of anilines is 2. The summed E-state index contributed by atoms with van der Waals surface area (Å²) in [4.78, 5) is 61.1. The van der Waals surface area contributed by atoms with Crippen LogP contribution in [0.4, 0.5) is 24.5 Å². The zero-order valence-electron chi connectivity index (χ0n) is 44.3. The third-order valence-corrected chi connectivity index (χ3v) is 16.8. The van der Waals surface area contributed by atoms with Crippen molar-refractivity contribution in [3.8, 4) is 27.4 Å². The van der Waals surface area contributed by atoms with Gasteiger partial charge in [0.1, 0.15) is 36.0 Å². The lowest BCUT2D eigenvalue weighted by Gasteiger charge is -2.36. The Morgan fingerprint density at radius 3 is 2.35 bits per heavy atom. The number of hydrogen-bond donors (Lipinski definition) is 4. The van der Waals surface area contributed by atoms with Gasteiger partial charge in [0.15, 0.2) is 5.82 Å². The first kappa shape index (κ1) is 55.3. The van der Waals surface area contributed by atoms with Gasteiger partial charge < -0.3 is 29.9 Å². The van der Waals surface area contributed by atoms with Crippen molar-refractivity contribution in [2.45, 2.75) is 70.8 Å². The minimum absolute atomic E-state index is 0.0237. The Hall–Kier alpha value is -7.02. The van der Waals surface area contributed by atoms with E-state index in [9.17, 15) is 32.6 Å². The van der Waals surface area contributed by atoms with Crippen molar-refractivity contribution in [2.75, 3.05) is 68.3 Å². The van der Waals surface area contributed by atoms with E-state index in [1.807, 2.05) is 81.7 Å². The number of ketones is 1. The molecular formula is C56H62F3N11O7S2. The highest BCUT2D eigenvalue weighted by Crippen LogP contribution is 2.36. The summed E-state index contributed by atoms with van der Waals surface area (Å²) in [6.45, 7) is 11.7. The average Bonchev–Trinajstić information content (AvgIpc) is 4.37. The molecule has 4 N–H and O–H groups in total. The molecule has 0 bridgehead atoms. The molecule has 416 valence electrons. The molecule has 2 amide bonds. The van der Waals surface area contributed by atoms with E-state index in [0.29, 0.717) is 45.7 Å². The quantitative estimate of drug-likeness (QED) is 0.0484. The summed E-state index contributed by atoms with van der Waals surface area (Å²) in [6.07, 6.45) is 0.995. The van der Waals surface area contributed by atoms with E-state index < -0.39 is 64.2 Å². The average molecular weight is 1120 g/mol. The van der Waals surface area contributed by atoms with E-state index in [1.165, 1.54) is 11.1 Å². The van der Waals surface area contributed by atoms with Crippen LogP contribution in [0.15, 0.2) is 90.7 Å². The molecule has 0 spiro atoms. The van der Waals surface area contributed by atoms with Crippen molar-refractivity contribution < 1.29 is 46.2 Å². The molecule has 7 heterocycles. The topological polar surface area (TPSA) is 206 Å². The second kappa shape index (κ2) is 23.4. The van der Waals surface area contributed by atoms with Gasteiger partial charge in [-0.1, -0.05) is 50.2 Å². The van der Waals surface area contributed by atoms with E-state index in [4.69, 9.17) is 9.84 Å². The number of carbonyl (C=O) groups excluding carboxylic acids is 3. The number of β-amino-alcohol motifs (C(OH)–C–C–N with tert-alkyl or cyclic N) is 1. The Bertz CT molecular complexity index is 3390. The third kappa shape index (κ3) is 11.6. The Labute approximate surface area is 461 Å². The molecule has 0 radical (unpaired) electrons. The minimum Gasteiger partial charge on any atom is -0.476 e. The number of aromatic amines is 1. The number of piperazine rings is 1. The third-order valence-electron chi connectivity index (χ3n) is 15.1. The maximum atomic E-state index is 16.1. The Morgan fingerprint density at radius 2 is 1.68 bits per heavy atom. The number of hydrazine groups is 1. The van der Waals surface area contributed by atoms with E-state index in [1.54, 1.807) is 41.4 Å². The zero-order valence-corrected chi connectivity index (χ0v) is 45.9. The molecule has 79 heavy (non-hydrogen) atoms. The van der Waals surface area contributed by atoms with Gasteiger partial charge in [0.2, 0.25) is 23.5 Å². The molecule has 3 saturated heterocycles. The first-order valence-corrected chi connectivity index (χ1v) is 28.2. The van der Waals surface area contributed by atoms with Crippen LogP contribution in [0.1, 0.15) is 78.4 Å². The van der Waals surface area contributed by atoms with Crippen LogP contribution in [0.3, 0.4) is 0 Å². The number of aliphatic hydroxyl groups excluding tert-OH is 1. The first-order chi connectivity index (χ1) is 37.9. The number of aryl methyl sites for hydroxylation is 2. The van der Waals surface area contributed by atoms with Crippen molar-refractivity contribution in [1.82, 2.24) is 44.9 Å². The number of pyridine rings is 1. The van der Waals surface area contributed by atoms with E-state index in [2.05, 4.69) is 30.1 Å². The SMILES string of the molecule is Cc1ncsc1-c1ccc([C@H](C)NC(=O)[C@@H]2C[C@@H](O)CN2C(=O)[C@H](c2cc(OCCN3CCN(c4ccc(-c5cnc6[nH]cc(C(=O)c7c(F)ccc(N(N8CC[C@@H](F)C8)S(=O)O)c7F)c6c5)cc4)CC3)n(C)n2)C(C)C)cc1. The number of hydrogen-bond acceptors (Lipinski definition) is 13. The second-order valence-electron chi connectivity index (χ2n) is 20.7. The van der Waals surface area contributed by atoms with Crippen molar-refractivity contribution >= 4 is 62.6 Å². The molecular weight excluding hydrogens is 1060 g/mol. The van der Waals surface area contributed by atoms with Crippen LogP contribution in [-0.4, -0.2) is 148 Å². The first-order valence-electron chi connectivity index (χ1n) is 26.3. The molecule has 0 saturated carbocycles.